The van der Waals surface area contributed by atoms with Crippen molar-refractivity contribution >= 4 is 28.1 Å². The number of nitrogens with zero attached hydrogens (tertiary/aromatic N) is 1. The van der Waals surface area contributed by atoms with Gasteiger partial charge in [0.25, 0.3) is 5.91 Å². The maximum absolute atomic E-state index is 11.6. The normalized spacial score (nSPS) is 10.6. The number of ether oxygens (including phenoxy) is 1. The average molecular weight is 363 g/mol. The van der Waals surface area contributed by atoms with E-state index in [0.717, 1.165) is 10.0 Å². The summed E-state index contributed by atoms with van der Waals surface area (Å²) in [7, 11) is 0. The third kappa shape index (κ3) is 4.60. The van der Waals surface area contributed by atoms with E-state index in [0.29, 0.717) is 11.3 Å². The van der Waals surface area contributed by atoms with Gasteiger partial charge in [-0.15, -0.1) is 0 Å². The summed E-state index contributed by atoms with van der Waals surface area (Å²) < 4.78 is 6.38. The molecule has 2 aromatic rings. The number of carbonyl (C=O) groups excluding carboxylic acids is 1. The molecule has 0 fully saturated rings. The fourth-order valence-corrected chi connectivity index (χ4v) is 2.20. The minimum Gasteiger partial charge on any atom is -0.507 e. The minimum absolute atomic E-state index is 0.0993. The Morgan fingerprint density at radius 3 is 2.86 bits per heavy atom. The lowest BCUT2D eigenvalue weighted by atomic mass is 10.2. The lowest BCUT2D eigenvalue weighted by Crippen LogP contribution is -2.24. The molecule has 6 heteroatoms. The van der Waals surface area contributed by atoms with Gasteiger partial charge in [0.2, 0.25) is 0 Å². The maximum atomic E-state index is 11.6. The molecule has 114 valence electrons. The molecule has 22 heavy (non-hydrogen) atoms. The molecule has 0 heterocycles. The van der Waals surface area contributed by atoms with Gasteiger partial charge in [0.15, 0.2) is 6.61 Å². The first-order valence-corrected chi connectivity index (χ1v) is 7.34. The van der Waals surface area contributed by atoms with Crippen LogP contribution in [0.3, 0.4) is 0 Å². The van der Waals surface area contributed by atoms with E-state index >= 15 is 0 Å². The summed E-state index contributed by atoms with van der Waals surface area (Å²) in [5.74, 6) is 0.360. The minimum atomic E-state index is -0.381. The molecule has 2 rings (SSSR count). The molecule has 0 unspecified atom stereocenters. The standard InChI is InChI=1S/C16H15BrN2O3/c1-11-8-13(17)6-7-15(11)22-10-16(21)19-18-9-12-4-2-3-5-14(12)20/h2-9,20H,10H2,1H3,(H,19,21)/b18-9+. The van der Waals surface area contributed by atoms with Gasteiger partial charge in [-0.1, -0.05) is 28.1 Å². The molecule has 0 aliphatic rings. The van der Waals surface area contributed by atoms with E-state index in [1.54, 1.807) is 30.3 Å². The second-order valence-electron chi connectivity index (χ2n) is 4.55. The highest BCUT2D eigenvalue weighted by atomic mass is 79.9. The number of hydrazone groups is 1. The summed E-state index contributed by atoms with van der Waals surface area (Å²) >= 11 is 3.36. The van der Waals surface area contributed by atoms with Gasteiger partial charge in [-0.2, -0.15) is 5.10 Å². The Morgan fingerprint density at radius 2 is 2.14 bits per heavy atom. The zero-order valence-electron chi connectivity index (χ0n) is 11.9. The number of aryl methyl sites for hydroxylation is 1. The van der Waals surface area contributed by atoms with Crippen LogP contribution in [0.5, 0.6) is 11.5 Å². The number of carbonyl (C=O) groups is 1. The topological polar surface area (TPSA) is 70.9 Å². The second-order valence-corrected chi connectivity index (χ2v) is 5.47. The number of aromatic hydroxyl groups is 1. The van der Waals surface area contributed by atoms with Crippen molar-refractivity contribution in [2.45, 2.75) is 6.92 Å². The summed E-state index contributed by atoms with van der Waals surface area (Å²) in [5, 5.41) is 13.3. The lowest BCUT2D eigenvalue weighted by molar-refractivity contribution is -0.123. The van der Waals surface area contributed by atoms with Gasteiger partial charge >= 0.3 is 0 Å². The molecule has 0 saturated carbocycles. The van der Waals surface area contributed by atoms with Crippen molar-refractivity contribution < 1.29 is 14.6 Å². The molecule has 2 N–H and O–H groups in total. The van der Waals surface area contributed by atoms with Gasteiger partial charge in [-0.05, 0) is 42.8 Å². The monoisotopic (exact) mass is 362 g/mol. The number of halogens is 1. The predicted molar refractivity (Wildman–Crippen MR) is 88.2 cm³/mol. The summed E-state index contributed by atoms with van der Waals surface area (Å²) in [6, 6.07) is 12.2. The third-order valence-corrected chi connectivity index (χ3v) is 3.32. The zero-order chi connectivity index (χ0) is 15.9. The van der Waals surface area contributed by atoms with E-state index in [9.17, 15) is 9.90 Å². The fourth-order valence-electron chi connectivity index (χ4n) is 1.72. The number of hydrogen-bond acceptors (Lipinski definition) is 4. The number of rotatable bonds is 5. The first kappa shape index (κ1) is 16.0. The quantitative estimate of drug-likeness (QED) is 0.634. The Morgan fingerprint density at radius 1 is 1.36 bits per heavy atom. The van der Waals surface area contributed by atoms with Crippen LogP contribution in [-0.4, -0.2) is 23.8 Å². The van der Waals surface area contributed by atoms with E-state index < -0.39 is 0 Å². The average Bonchev–Trinajstić information content (AvgIpc) is 2.48. The van der Waals surface area contributed by atoms with Crippen LogP contribution in [0.15, 0.2) is 52.0 Å². The number of benzene rings is 2. The highest BCUT2D eigenvalue weighted by Gasteiger charge is 2.04. The van der Waals surface area contributed by atoms with Crippen molar-refractivity contribution in [3.63, 3.8) is 0 Å². The molecular formula is C16H15BrN2O3. The van der Waals surface area contributed by atoms with Crippen molar-refractivity contribution in [2.75, 3.05) is 6.61 Å². The third-order valence-electron chi connectivity index (χ3n) is 2.83. The van der Waals surface area contributed by atoms with Gasteiger partial charge in [-0.25, -0.2) is 5.43 Å². The first-order valence-electron chi connectivity index (χ1n) is 6.55. The van der Waals surface area contributed by atoms with E-state index in [1.807, 2.05) is 19.1 Å². The summed E-state index contributed by atoms with van der Waals surface area (Å²) in [4.78, 5) is 11.6. The molecule has 0 spiro atoms. The van der Waals surface area contributed by atoms with Gasteiger partial charge in [-0.3, -0.25) is 4.79 Å². The van der Waals surface area contributed by atoms with E-state index in [2.05, 4.69) is 26.5 Å². The SMILES string of the molecule is Cc1cc(Br)ccc1OCC(=O)N/N=C/c1ccccc1O. The molecular weight excluding hydrogens is 348 g/mol. The molecule has 0 aliphatic heterocycles. The highest BCUT2D eigenvalue weighted by Crippen LogP contribution is 2.21. The molecule has 5 nitrogen and oxygen atoms in total. The highest BCUT2D eigenvalue weighted by molar-refractivity contribution is 9.10. The van der Waals surface area contributed by atoms with E-state index in [-0.39, 0.29) is 18.3 Å². The van der Waals surface area contributed by atoms with Crippen LogP contribution < -0.4 is 10.2 Å². The summed E-state index contributed by atoms with van der Waals surface area (Å²) in [5.41, 5.74) is 3.80. The van der Waals surface area contributed by atoms with Crippen LogP contribution in [0.2, 0.25) is 0 Å². The summed E-state index contributed by atoms with van der Waals surface area (Å²) in [6.07, 6.45) is 1.37. The predicted octanol–water partition coefficient (Wildman–Crippen LogP) is 2.99. The van der Waals surface area contributed by atoms with Crippen LogP contribution in [-0.2, 0) is 4.79 Å². The van der Waals surface area contributed by atoms with Crippen LogP contribution in [0.25, 0.3) is 0 Å². The van der Waals surface area contributed by atoms with Crippen molar-refractivity contribution in [1.29, 1.82) is 0 Å². The maximum Gasteiger partial charge on any atom is 0.277 e. The Labute approximate surface area is 136 Å². The van der Waals surface area contributed by atoms with Crippen LogP contribution in [0.4, 0.5) is 0 Å². The van der Waals surface area contributed by atoms with E-state index in [1.165, 1.54) is 6.21 Å². The molecule has 0 aliphatic carbocycles. The number of hydrogen-bond donors (Lipinski definition) is 2. The van der Waals surface area contributed by atoms with Gasteiger partial charge in [0.05, 0.1) is 6.21 Å². The molecule has 0 radical (unpaired) electrons. The van der Waals surface area contributed by atoms with Crippen molar-refractivity contribution in [3.05, 3.63) is 58.1 Å². The summed E-state index contributed by atoms with van der Waals surface area (Å²) in [6.45, 7) is 1.76. The van der Waals surface area contributed by atoms with Crippen molar-refractivity contribution in [1.82, 2.24) is 5.43 Å². The van der Waals surface area contributed by atoms with Crippen molar-refractivity contribution in [3.8, 4) is 11.5 Å². The van der Waals surface area contributed by atoms with Crippen LogP contribution >= 0.6 is 15.9 Å². The Balaban J connectivity index is 1.84. The number of phenols is 1. The first-order chi connectivity index (χ1) is 10.6. The largest absolute Gasteiger partial charge is 0.507 e. The lowest BCUT2D eigenvalue weighted by Gasteiger charge is -2.08. The Bertz CT molecular complexity index is 702. The molecule has 0 aromatic heterocycles. The molecule has 0 bridgehead atoms. The van der Waals surface area contributed by atoms with Crippen LogP contribution in [0, 0.1) is 6.92 Å². The van der Waals surface area contributed by atoms with Gasteiger partial charge in [0.1, 0.15) is 11.5 Å². The van der Waals surface area contributed by atoms with Crippen molar-refractivity contribution in [2.24, 2.45) is 5.10 Å². The number of nitrogens with one attached hydrogen (secondary N) is 1. The Hall–Kier alpha value is -2.34. The molecule has 0 saturated heterocycles. The second kappa shape index (κ2) is 7.61. The number of para-hydroxylation sites is 1. The number of amides is 1. The zero-order valence-corrected chi connectivity index (χ0v) is 13.5. The van der Waals surface area contributed by atoms with E-state index in [4.69, 9.17) is 4.74 Å². The molecule has 2 aromatic carbocycles. The fraction of sp³-hybridized carbons (Fsp3) is 0.125. The number of phenolic OH excluding ortho intramolecular Hbond substituents is 1. The van der Waals surface area contributed by atoms with Gasteiger partial charge < -0.3 is 9.84 Å². The van der Waals surface area contributed by atoms with Gasteiger partial charge in [0, 0.05) is 10.0 Å². The smallest absolute Gasteiger partial charge is 0.277 e. The molecule has 0 atom stereocenters. The molecule has 1 amide bonds. The Kier molecular flexibility index (Phi) is 5.55. The van der Waals surface area contributed by atoms with Crippen LogP contribution in [0.1, 0.15) is 11.1 Å².